The minimum Gasteiger partial charge on any atom is -0.404 e. The van der Waals surface area contributed by atoms with Crippen molar-refractivity contribution in [2.45, 2.75) is 90.7 Å². The average Bonchev–Trinajstić information content (AvgIpc) is 2.80. The summed E-state index contributed by atoms with van der Waals surface area (Å²) in [7, 11) is -2.22. The third-order valence-corrected chi connectivity index (χ3v) is 12.1. The Morgan fingerprint density at radius 3 is 1.74 bits per heavy atom. The summed E-state index contributed by atoms with van der Waals surface area (Å²) in [5, 5.41) is -0.0115. The molecule has 1 saturated carbocycles. The molecule has 1 fully saturated rings. The van der Waals surface area contributed by atoms with Crippen LogP contribution in [0.15, 0.2) is 60.7 Å². The molecule has 186 valence electrons. The maximum atomic E-state index is 13.8. The van der Waals surface area contributed by atoms with Gasteiger partial charge in [-0.1, -0.05) is 95.3 Å². The van der Waals surface area contributed by atoms with Crippen LogP contribution < -0.4 is 0 Å². The molecular weight excluding hydrogens is 440 g/mol. The van der Waals surface area contributed by atoms with Crippen LogP contribution in [-0.2, 0) is 31.9 Å². The number of hydrogen-bond donors (Lipinski definition) is 0. The SMILES string of the molecule is CC[C@H]1C(=O)[C@@H](O[Si](C)(C)C(C)(C)C)[C@H](OCc2ccccc2)[C@@H](OCc2ccccc2)[C@@H]1C. The zero-order chi connectivity index (χ0) is 24.9. The number of hydrogen-bond acceptors (Lipinski definition) is 4. The van der Waals surface area contributed by atoms with E-state index in [4.69, 9.17) is 13.9 Å². The summed E-state index contributed by atoms with van der Waals surface area (Å²) < 4.78 is 19.9. The van der Waals surface area contributed by atoms with Crippen molar-refractivity contribution in [1.29, 1.82) is 0 Å². The van der Waals surface area contributed by atoms with Gasteiger partial charge in [0, 0.05) is 5.92 Å². The van der Waals surface area contributed by atoms with E-state index in [1.54, 1.807) is 0 Å². The van der Waals surface area contributed by atoms with Crippen LogP contribution in [0.3, 0.4) is 0 Å². The van der Waals surface area contributed by atoms with Gasteiger partial charge in [0.1, 0.15) is 12.2 Å². The summed E-state index contributed by atoms with van der Waals surface area (Å²) in [5.74, 6) is 0.103. The van der Waals surface area contributed by atoms with E-state index in [0.717, 1.165) is 17.5 Å². The van der Waals surface area contributed by atoms with Gasteiger partial charge in [0.2, 0.25) is 0 Å². The Balaban J connectivity index is 1.93. The van der Waals surface area contributed by atoms with Crippen LogP contribution in [0, 0.1) is 11.8 Å². The molecule has 0 spiro atoms. The first-order chi connectivity index (χ1) is 16.0. The van der Waals surface area contributed by atoms with Gasteiger partial charge in [0.25, 0.3) is 0 Å². The lowest BCUT2D eigenvalue weighted by Crippen LogP contribution is -2.61. The van der Waals surface area contributed by atoms with Crippen LogP contribution >= 0.6 is 0 Å². The van der Waals surface area contributed by atoms with Gasteiger partial charge in [-0.3, -0.25) is 4.79 Å². The standard InChI is InChI=1S/C29H42O4Si/c1-8-24-21(2)26(31-19-22-15-11-9-12-16-22)28(32-20-23-17-13-10-14-18-23)27(25(24)30)33-34(6,7)29(3,4)5/h9-18,21,24,26-28H,8,19-20H2,1-7H3/t21-,24-,26+,27-,28-/m1/s1. The maximum absolute atomic E-state index is 13.8. The molecule has 2 aromatic carbocycles. The molecule has 0 radical (unpaired) electrons. The van der Waals surface area contributed by atoms with Crippen molar-refractivity contribution in [1.82, 2.24) is 0 Å². The number of ether oxygens (including phenoxy) is 2. The predicted octanol–water partition coefficient (Wildman–Crippen LogP) is 6.79. The molecule has 0 amide bonds. The Hall–Kier alpha value is -1.79. The minimum absolute atomic E-state index is 0.0115. The fraction of sp³-hybridized carbons (Fsp3) is 0.552. The van der Waals surface area contributed by atoms with E-state index in [-0.39, 0.29) is 28.8 Å². The number of Topliss-reactive ketones (excluding diaryl/α,β-unsaturated/α-hetero) is 1. The molecule has 0 unspecified atom stereocenters. The first-order valence-electron chi connectivity index (χ1n) is 12.6. The van der Waals surface area contributed by atoms with Gasteiger partial charge in [-0.25, -0.2) is 0 Å². The van der Waals surface area contributed by atoms with Gasteiger partial charge in [-0.2, -0.15) is 0 Å². The van der Waals surface area contributed by atoms with Crippen molar-refractivity contribution < 1.29 is 18.7 Å². The van der Waals surface area contributed by atoms with Crippen molar-refractivity contribution in [2.75, 3.05) is 0 Å². The van der Waals surface area contributed by atoms with Crippen molar-refractivity contribution in [3.63, 3.8) is 0 Å². The first-order valence-corrected chi connectivity index (χ1v) is 15.5. The lowest BCUT2D eigenvalue weighted by atomic mass is 9.73. The Bertz CT molecular complexity index is 907. The maximum Gasteiger partial charge on any atom is 0.193 e. The molecule has 1 aliphatic carbocycles. The van der Waals surface area contributed by atoms with E-state index in [2.05, 4.69) is 59.8 Å². The van der Waals surface area contributed by atoms with Crippen LogP contribution in [0.4, 0.5) is 0 Å². The van der Waals surface area contributed by atoms with E-state index >= 15 is 0 Å². The predicted molar refractivity (Wildman–Crippen MR) is 140 cm³/mol. The average molecular weight is 483 g/mol. The Morgan fingerprint density at radius 2 is 1.29 bits per heavy atom. The summed E-state index contributed by atoms with van der Waals surface area (Å²) in [4.78, 5) is 13.8. The van der Waals surface area contributed by atoms with Crippen LogP contribution in [0.5, 0.6) is 0 Å². The number of carbonyl (C=O) groups is 1. The lowest BCUT2D eigenvalue weighted by Gasteiger charge is -2.48. The Kier molecular flexibility index (Phi) is 8.91. The second-order valence-corrected chi connectivity index (χ2v) is 15.9. The van der Waals surface area contributed by atoms with Gasteiger partial charge in [0.05, 0.1) is 19.3 Å². The Morgan fingerprint density at radius 1 is 0.824 bits per heavy atom. The van der Waals surface area contributed by atoms with Crippen molar-refractivity contribution in [3.05, 3.63) is 71.8 Å². The van der Waals surface area contributed by atoms with Crippen molar-refractivity contribution in [3.8, 4) is 0 Å². The summed E-state index contributed by atoms with van der Waals surface area (Å²) in [6.45, 7) is 16.1. The molecule has 0 aliphatic heterocycles. The molecule has 0 N–H and O–H groups in total. The van der Waals surface area contributed by atoms with E-state index in [1.165, 1.54) is 0 Å². The summed E-state index contributed by atoms with van der Waals surface area (Å²) in [6, 6.07) is 20.3. The fourth-order valence-corrected chi connectivity index (χ4v) is 5.73. The van der Waals surface area contributed by atoms with Gasteiger partial charge < -0.3 is 13.9 Å². The molecule has 3 rings (SSSR count). The fourth-order valence-electron chi connectivity index (χ4n) is 4.49. The van der Waals surface area contributed by atoms with Crippen LogP contribution in [0.2, 0.25) is 18.1 Å². The van der Waals surface area contributed by atoms with Gasteiger partial charge in [0.15, 0.2) is 14.1 Å². The highest BCUT2D eigenvalue weighted by Crippen LogP contribution is 2.42. The highest BCUT2D eigenvalue weighted by Gasteiger charge is 2.52. The molecule has 1 aliphatic rings. The topological polar surface area (TPSA) is 44.8 Å². The van der Waals surface area contributed by atoms with E-state index < -0.39 is 20.5 Å². The quantitative estimate of drug-likeness (QED) is 0.369. The normalized spacial score (nSPS) is 26.0. The lowest BCUT2D eigenvalue weighted by molar-refractivity contribution is -0.185. The molecule has 0 bridgehead atoms. The van der Waals surface area contributed by atoms with Crippen molar-refractivity contribution in [2.24, 2.45) is 11.8 Å². The monoisotopic (exact) mass is 482 g/mol. The summed E-state index contributed by atoms with van der Waals surface area (Å²) in [6.07, 6.45) is -0.537. The van der Waals surface area contributed by atoms with Crippen molar-refractivity contribution >= 4 is 14.1 Å². The molecule has 34 heavy (non-hydrogen) atoms. The van der Waals surface area contributed by atoms with E-state index in [1.807, 2.05) is 48.5 Å². The number of benzene rings is 2. The molecule has 0 heterocycles. The van der Waals surface area contributed by atoms with Crippen LogP contribution in [0.1, 0.15) is 52.2 Å². The Labute approximate surface area is 207 Å². The van der Waals surface area contributed by atoms with Crippen LogP contribution in [-0.4, -0.2) is 32.4 Å². The van der Waals surface area contributed by atoms with Gasteiger partial charge >= 0.3 is 0 Å². The van der Waals surface area contributed by atoms with E-state index in [9.17, 15) is 4.79 Å². The molecule has 5 heteroatoms. The number of rotatable bonds is 9. The molecule has 0 saturated heterocycles. The van der Waals surface area contributed by atoms with Gasteiger partial charge in [-0.05, 0) is 41.6 Å². The largest absolute Gasteiger partial charge is 0.404 e. The molecular formula is C29H42O4Si. The smallest absolute Gasteiger partial charge is 0.193 e. The third kappa shape index (κ3) is 6.25. The zero-order valence-corrected chi connectivity index (χ0v) is 22.9. The highest BCUT2D eigenvalue weighted by atomic mass is 28.4. The zero-order valence-electron chi connectivity index (χ0n) is 21.9. The first kappa shape index (κ1) is 26.8. The molecule has 4 nitrogen and oxygen atoms in total. The second kappa shape index (κ2) is 11.3. The minimum atomic E-state index is -2.22. The highest BCUT2D eigenvalue weighted by molar-refractivity contribution is 6.74. The van der Waals surface area contributed by atoms with Crippen LogP contribution in [0.25, 0.3) is 0 Å². The molecule has 5 atom stereocenters. The van der Waals surface area contributed by atoms with E-state index in [0.29, 0.717) is 13.2 Å². The second-order valence-electron chi connectivity index (χ2n) is 11.1. The molecule has 0 aromatic heterocycles. The third-order valence-electron chi connectivity index (χ3n) is 7.66. The number of carbonyl (C=O) groups excluding carboxylic acids is 1. The molecule has 2 aromatic rings. The number of ketones is 1. The summed E-state index contributed by atoms with van der Waals surface area (Å²) in [5.41, 5.74) is 2.19. The summed E-state index contributed by atoms with van der Waals surface area (Å²) >= 11 is 0. The van der Waals surface area contributed by atoms with Gasteiger partial charge in [-0.15, -0.1) is 0 Å².